The molecule has 3 heteroatoms. The highest BCUT2D eigenvalue weighted by Crippen LogP contribution is 2.26. The third kappa shape index (κ3) is 1.08. The van der Waals surface area contributed by atoms with Crippen LogP contribution in [0.1, 0.15) is 12.5 Å². The molecule has 0 saturated heterocycles. The van der Waals surface area contributed by atoms with Crippen molar-refractivity contribution in [3.8, 4) is 0 Å². The van der Waals surface area contributed by atoms with Gasteiger partial charge in [0.15, 0.2) is 0 Å². The van der Waals surface area contributed by atoms with Crippen LogP contribution < -0.4 is 5.48 Å². The first-order valence-electron chi connectivity index (χ1n) is 3.84. The van der Waals surface area contributed by atoms with E-state index in [1.165, 1.54) is 0 Å². The number of nitrogens with zero attached hydrogens (tertiary/aromatic N) is 1. The largest absolute Gasteiger partial charge is 0.253 e. The Balaban J connectivity index is 2.36. The molecule has 1 aliphatic heterocycles. The lowest BCUT2D eigenvalue weighted by molar-refractivity contribution is -0.0446. The number of nitrogens with one attached hydrogen (secondary N) is 1. The Hall–Kier alpha value is -1.35. The highest BCUT2D eigenvalue weighted by Gasteiger charge is 2.29. The Kier molecular flexibility index (Phi) is 1.59. The number of hydrogen-bond donors (Lipinski definition) is 1. The van der Waals surface area contributed by atoms with Gasteiger partial charge in [-0.2, -0.15) is 0 Å². The zero-order valence-corrected chi connectivity index (χ0v) is 6.82. The van der Waals surface area contributed by atoms with Crippen LogP contribution >= 0.6 is 0 Å². The maximum atomic E-state index is 5.25. The van der Waals surface area contributed by atoms with E-state index < -0.39 is 5.72 Å². The number of hydrogen-bond acceptors (Lipinski definition) is 3. The summed E-state index contributed by atoms with van der Waals surface area (Å²) in [6, 6.07) is 9.89. The molecular formula is C9H10N2O. The van der Waals surface area contributed by atoms with E-state index in [0.29, 0.717) is 0 Å². The van der Waals surface area contributed by atoms with Gasteiger partial charge in [-0.3, -0.25) is 5.48 Å². The van der Waals surface area contributed by atoms with E-state index in [9.17, 15) is 0 Å². The molecule has 0 amide bonds. The van der Waals surface area contributed by atoms with Crippen LogP contribution in [0.3, 0.4) is 0 Å². The van der Waals surface area contributed by atoms with Gasteiger partial charge in [0.05, 0.1) is 0 Å². The topological polar surface area (TPSA) is 33.6 Å². The fraction of sp³-hybridized carbons (Fsp3) is 0.222. The fourth-order valence-electron chi connectivity index (χ4n) is 1.20. The second-order valence-corrected chi connectivity index (χ2v) is 2.83. The van der Waals surface area contributed by atoms with Gasteiger partial charge in [-0.05, 0) is 6.92 Å². The molecule has 0 bridgehead atoms. The first kappa shape index (κ1) is 7.31. The first-order valence-corrected chi connectivity index (χ1v) is 3.84. The van der Waals surface area contributed by atoms with E-state index in [1.807, 2.05) is 37.3 Å². The van der Waals surface area contributed by atoms with Crippen LogP contribution in [0.2, 0.25) is 0 Å². The number of hydroxylamine groups is 1. The summed E-state index contributed by atoms with van der Waals surface area (Å²) in [6.45, 7) is 1.92. The molecule has 62 valence electrons. The van der Waals surface area contributed by atoms with E-state index in [-0.39, 0.29) is 0 Å². The maximum Gasteiger partial charge on any atom is 0.209 e. The highest BCUT2D eigenvalue weighted by atomic mass is 16.7. The predicted molar refractivity (Wildman–Crippen MR) is 46.5 cm³/mol. The molecule has 1 aromatic rings. The van der Waals surface area contributed by atoms with Gasteiger partial charge >= 0.3 is 0 Å². The Morgan fingerprint density at radius 1 is 1.33 bits per heavy atom. The second-order valence-electron chi connectivity index (χ2n) is 2.83. The Bertz CT molecular complexity index is 297. The fourth-order valence-corrected chi connectivity index (χ4v) is 1.20. The standard InChI is InChI=1S/C9H10N2O/c1-9(10-7-11-12-9)8-5-3-2-4-6-8/h2-7H,1H3,(H,10,11). The van der Waals surface area contributed by atoms with Crippen molar-refractivity contribution < 1.29 is 4.84 Å². The minimum atomic E-state index is -0.554. The molecule has 1 heterocycles. The van der Waals surface area contributed by atoms with Crippen LogP contribution in [0.15, 0.2) is 35.3 Å². The molecule has 0 aromatic heterocycles. The third-order valence-corrected chi connectivity index (χ3v) is 1.93. The van der Waals surface area contributed by atoms with Crippen molar-refractivity contribution in [3.05, 3.63) is 35.9 Å². The molecule has 2 rings (SSSR count). The van der Waals surface area contributed by atoms with E-state index >= 15 is 0 Å². The summed E-state index contributed by atoms with van der Waals surface area (Å²) in [5.74, 6) is 0. The first-order chi connectivity index (χ1) is 5.81. The van der Waals surface area contributed by atoms with Crippen molar-refractivity contribution in [2.45, 2.75) is 12.6 Å². The molecule has 1 atom stereocenters. The summed E-state index contributed by atoms with van der Waals surface area (Å²) < 4.78 is 0. The summed E-state index contributed by atoms with van der Waals surface area (Å²) in [7, 11) is 0. The van der Waals surface area contributed by atoms with Gasteiger partial charge in [-0.25, -0.2) is 9.83 Å². The van der Waals surface area contributed by atoms with Crippen molar-refractivity contribution in [2.24, 2.45) is 4.99 Å². The van der Waals surface area contributed by atoms with Crippen molar-refractivity contribution >= 4 is 6.34 Å². The molecule has 3 nitrogen and oxygen atoms in total. The average molecular weight is 162 g/mol. The van der Waals surface area contributed by atoms with Crippen LogP contribution in [0, 0.1) is 0 Å². The van der Waals surface area contributed by atoms with E-state index in [1.54, 1.807) is 6.34 Å². The van der Waals surface area contributed by atoms with Crippen LogP contribution in [0.25, 0.3) is 0 Å². The highest BCUT2D eigenvalue weighted by molar-refractivity contribution is 5.55. The van der Waals surface area contributed by atoms with Gasteiger partial charge in [-0.15, -0.1) is 0 Å². The predicted octanol–water partition coefficient (Wildman–Crippen LogP) is 1.42. The Labute approximate surface area is 71.0 Å². The van der Waals surface area contributed by atoms with Gasteiger partial charge in [0.2, 0.25) is 5.72 Å². The molecule has 0 fully saturated rings. The number of rotatable bonds is 1. The minimum Gasteiger partial charge on any atom is -0.253 e. The molecule has 1 N–H and O–H groups in total. The lowest BCUT2D eigenvalue weighted by Crippen LogP contribution is -2.22. The zero-order valence-electron chi connectivity index (χ0n) is 6.82. The van der Waals surface area contributed by atoms with E-state index in [4.69, 9.17) is 4.84 Å². The zero-order chi connectivity index (χ0) is 8.44. The maximum absolute atomic E-state index is 5.25. The van der Waals surface area contributed by atoms with E-state index in [0.717, 1.165) is 5.56 Å². The average Bonchev–Trinajstić information content (AvgIpc) is 2.55. The second kappa shape index (κ2) is 2.60. The SMILES string of the molecule is CC1(c2ccccc2)N=CNO1. The normalized spacial score (nSPS) is 27.1. The van der Waals surface area contributed by atoms with Gasteiger partial charge in [0.25, 0.3) is 0 Å². The molecule has 1 aliphatic rings. The third-order valence-electron chi connectivity index (χ3n) is 1.93. The van der Waals surface area contributed by atoms with Crippen LogP contribution in [-0.2, 0) is 10.6 Å². The van der Waals surface area contributed by atoms with Crippen molar-refractivity contribution in [1.29, 1.82) is 0 Å². The lowest BCUT2D eigenvalue weighted by Gasteiger charge is -2.18. The molecular weight excluding hydrogens is 152 g/mol. The quantitative estimate of drug-likeness (QED) is 0.677. The number of benzene rings is 1. The molecule has 1 aromatic carbocycles. The van der Waals surface area contributed by atoms with Crippen LogP contribution in [0.4, 0.5) is 0 Å². The molecule has 0 saturated carbocycles. The molecule has 0 radical (unpaired) electrons. The van der Waals surface area contributed by atoms with Gasteiger partial charge in [-0.1, -0.05) is 30.3 Å². The van der Waals surface area contributed by atoms with Gasteiger partial charge in [0, 0.05) is 5.56 Å². The van der Waals surface area contributed by atoms with Crippen LogP contribution in [0.5, 0.6) is 0 Å². The Morgan fingerprint density at radius 3 is 2.67 bits per heavy atom. The van der Waals surface area contributed by atoms with E-state index in [2.05, 4.69) is 10.5 Å². The summed E-state index contributed by atoms with van der Waals surface area (Å²) in [4.78, 5) is 9.43. The van der Waals surface area contributed by atoms with Crippen molar-refractivity contribution in [1.82, 2.24) is 5.48 Å². The van der Waals surface area contributed by atoms with Gasteiger partial charge in [0.1, 0.15) is 6.34 Å². The number of aliphatic imine (C=N–C) groups is 1. The minimum absolute atomic E-state index is 0.554. The molecule has 0 spiro atoms. The van der Waals surface area contributed by atoms with Crippen molar-refractivity contribution in [3.63, 3.8) is 0 Å². The summed E-state index contributed by atoms with van der Waals surface area (Å²) in [5, 5.41) is 0. The molecule has 12 heavy (non-hydrogen) atoms. The summed E-state index contributed by atoms with van der Waals surface area (Å²) in [6.07, 6.45) is 1.56. The smallest absolute Gasteiger partial charge is 0.209 e. The monoisotopic (exact) mass is 162 g/mol. The molecule has 0 aliphatic carbocycles. The summed E-state index contributed by atoms with van der Waals surface area (Å²) >= 11 is 0. The van der Waals surface area contributed by atoms with Crippen LogP contribution in [-0.4, -0.2) is 6.34 Å². The van der Waals surface area contributed by atoms with Crippen molar-refractivity contribution in [2.75, 3.05) is 0 Å². The lowest BCUT2D eigenvalue weighted by atomic mass is 10.1. The summed E-state index contributed by atoms with van der Waals surface area (Å²) in [5.41, 5.74) is 3.11. The van der Waals surface area contributed by atoms with Gasteiger partial charge < -0.3 is 0 Å². The molecule has 1 unspecified atom stereocenters. The Morgan fingerprint density at radius 2 is 2.08 bits per heavy atom.